The Hall–Kier alpha value is -6.00. The number of hydrogen-bond acceptors (Lipinski definition) is 3. The van der Waals surface area contributed by atoms with E-state index in [0.717, 1.165) is 45.5 Å². The monoisotopic (exact) mass is 669 g/mol. The van der Waals surface area contributed by atoms with E-state index >= 15 is 0 Å². The topological polar surface area (TPSA) is 21.7 Å². The summed E-state index contributed by atoms with van der Waals surface area (Å²) in [5, 5.41) is 0. The number of rotatable bonds is 3. The van der Waals surface area contributed by atoms with E-state index in [1.807, 2.05) is 0 Å². The van der Waals surface area contributed by atoms with Gasteiger partial charge in [0, 0.05) is 38.9 Å². The average Bonchev–Trinajstić information content (AvgIpc) is 3.54. The smallest absolute Gasteiger partial charge is 0.260 e. The standard InChI is InChI=1S/C48H36BNO2/c1-47(2)36-19-12-11-18-32(36)35-27-40-43(28-38(35)47)51-41-20-13-21-42-45(41)49(40)39-25-24-34-33-23-22-31(26-37(33)48(3,4)44(34)46(39)52-42)50(29-14-7-5-8-15-29)30-16-9-6-10-17-30/h5-28H,1-4H3. The molecule has 0 unspecified atom stereocenters. The molecule has 0 fully saturated rings. The number of ether oxygens (including phenoxy) is 2. The molecular weight excluding hydrogens is 633 g/mol. The van der Waals surface area contributed by atoms with Crippen LogP contribution in [-0.2, 0) is 10.8 Å². The van der Waals surface area contributed by atoms with Crippen molar-refractivity contribution in [3.8, 4) is 45.3 Å². The largest absolute Gasteiger partial charge is 0.458 e. The zero-order valence-corrected chi connectivity index (χ0v) is 29.7. The van der Waals surface area contributed by atoms with Crippen LogP contribution in [-0.4, -0.2) is 6.71 Å². The fraction of sp³-hybridized carbons (Fsp3) is 0.125. The van der Waals surface area contributed by atoms with Gasteiger partial charge in [-0.3, -0.25) is 0 Å². The Kier molecular flexibility index (Phi) is 5.88. The number of para-hydroxylation sites is 2. The van der Waals surface area contributed by atoms with Gasteiger partial charge in [0.1, 0.15) is 23.0 Å². The minimum Gasteiger partial charge on any atom is -0.458 e. The molecule has 7 aromatic rings. The predicted molar refractivity (Wildman–Crippen MR) is 214 cm³/mol. The molecule has 52 heavy (non-hydrogen) atoms. The van der Waals surface area contributed by atoms with E-state index in [-0.39, 0.29) is 17.5 Å². The van der Waals surface area contributed by atoms with E-state index in [0.29, 0.717) is 0 Å². The molecule has 0 amide bonds. The van der Waals surface area contributed by atoms with E-state index in [9.17, 15) is 0 Å². The van der Waals surface area contributed by atoms with Crippen molar-refractivity contribution in [3.05, 3.63) is 168 Å². The van der Waals surface area contributed by atoms with Gasteiger partial charge in [-0.15, -0.1) is 0 Å². The molecule has 4 aliphatic rings. The Morgan fingerprint density at radius 2 is 1.08 bits per heavy atom. The maximum absolute atomic E-state index is 7.06. The van der Waals surface area contributed by atoms with Crippen molar-refractivity contribution in [1.82, 2.24) is 0 Å². The summed E-state index contributed by atoms with van der Waals surface area (Å²) in [6, 6.07) is 52.8. The Morgan fingerprint density at radius 3 is 1.83 bits per heavy atom. The van der Waals surface area contributed by atoms with Crippen molar-refractivity contribution < 1.29 is 9.47 Å². The van der Waals surface area contributed by atoms with Crippen LogP contribution >= 0.6 is 0 Å². The molecule has 0 saturated heterocycles. The Balaban J connectivity index is 1.09. The van der Waals surface area contributed by atoms with E-state index in [1.54, 1.807) is 0 Å². The fourth-order valence-electron chi connectivity index (χ4n) is 9.69. The van der Waals surface area contributed by atoms with Crippen LogP contribution < -0.4 is 30.8 Å². The van der Waals surface area contributed by atoms with E-state index in [4.69, 9.17) is 9.47 Å². The molecule has 11 rings (SSSR count). The lowest BCUT2D eigenvalue weighted by Crippen LogP contribution is -2.57. The predicted octanol–water partition coefficient (Wildman–Crippen LogP) is 10.5. The Labute approximate surface area is 305 Å². The molecule has 3 nitrogen and oxygen atoms in total. The van der Waals surface area contributed by atoms with Gasteiger partial charge in [0.15, 0.2) is 0 Å². The molecule has 2 aliphatic carbocycles. The maximum Gasteiger partial charge on any atom is 0.260 e. The maximum atomic E-state index is 7.06. The third-order valence-electron chi connectivity index (χ3n) is 12.1. The van der Waals surface area contributed by atoms with E-state index in [1.165, 1.54) is 55.4 Å². The highest BCUT2D eigenvalue weighted by Crippen LogP contribution is 2.55. The molecule has 0 bridgehead atoms. The van der Waals surface area contributed by atoms with Crippen LogP contribution in [0.4, 0.5) is 17.1 Å². The summed E-state index contributed by atoms with van der Waals surface area (Å²) in [6.07, 6.45) is 0. The van der Waals surface area contributed by atoms with Gasteiger partial charge in [-0.2, -0.15) is 0 Å². The number of anilines is 3. The van der Waals surface area contributed by atoms with Gasteiger partial charge < -0.3 is 14.4 Å². The fourth-order valence-corrected chi connectivity index (χ4v) is 9.69. The highest BCUT2D eigenvalue weighted by atomic mass is 16.5. The summed E-state index contributed by atoms with van der Waals surface area (Å²) < 4.78 is 13.8. The van der Waals surface area contributed by atoms with Gasteiger partial charge in [-0.25, -0.2) is 0 Å². The van der Waals surface area contributed by atoms with Crippen LogP contribution in [0.25, 0.3) is 22.3 Å². The second-order valence-electron chi connectivity index (χ2n) is 15.7. The summed E-state index contributed by atoms with van der Waals surface area (Å²) in [5.74, 6) is 3.68. The lowest BCUT2D eigenvalue weighted by Gasteiger charge is -2.36. The minimum absolute atomic E-state index is 0.00750. The first-order chi connectivity index (χ1) is 25.3. The van der Waals surface area contributed by atoms with Gasteiger partial charge in [-0.1, -0.05) is 119 Å². The number of hydrogen-bond donors (Lipinski definition) is 0. The van der Waals surface area contributed by atoms with E-state index in [2.05, 4.69) is 178 Å². The van der Waals surface area contributed by atoms with Gasteiger partial charge in [0.05, 0.1) is 0 Å². The molecule has 0 atom stereocenters. The van der Waals surface area contributed by atoms with Crippen LogP contribution in [0.15, 0.2) is 146 Å². The third kappa shape index (κ3) is 3.87. The van der Waals surface area contributed by atoms with Crippen molar-refractivity contribution in [1.29, 1.82) is 0 Å². The quantitative estimate of drug-likeness (QED) is 0.175. The third-order valence-corrected chi connectivity index (χ3v) is 12.1. The average molecular weight is 670 g/mol. The summed E-state index contributed by atoms with van der Waals surface area (Å²) >= 11 is 0. The summed E-state index contributed by atoms with van der Waals surface area (Å²) in [5.41, 5.74) is 16.9. The van der Waals surface area contributed by atoms with E-state index < -0.39 is 0 Å². The number of nitrogens with zero attached hydrogens (tertiary/aromatic N) is 1. The first-order valence-corrected chi connectivity index (χ1v) is 18.3. The molecule has 0 saturated carbocycles. The van der Waals surface area contributed by atoms with Crippen molar-refractivity contribution in [3.63, 3.8) is 0 Å². The second kappa shape index (κ2) is 10.3. The van der Waals surface area contributed by atoms with Crippen LogP contribution in [0.3, 0.4) is 0 Å². The van der Waals surface area contributed by atoms with Crippen molar-refractivity contribution in [2.24, 2.45) is 0 Å². The molecule has 0 radical (unpaired) electrons. The normalized spacial score (nSPS) is 15.5. The zero-order chi connectivity index (χ0) is 34.9. The molecule has 7 aromatic carbocycles. The van der Waals surface area contributed by atoms with Gasteiger partial charge in [0.2, 0.25) is 0 Å². The Morgan fingerprint density at radius 1 is 0.442 bits per heavy atom. The molecule has 0 spiro atoms. The van der Waals surface area contributed by atoms with Crippen molar-refractivity contribution in [2.45, 2.75) is 38.5 Å². The van der Waals surface area contributed by atoms with Crippen molar-refractivity contribution in [2.75, 3.05) is 4.90 Å². The SMILES string of the molecule is CC1(C)c2ccccc2-c2cc3c(cc21)Oc1cccc2c1B3c1ccc3c(c1O2)C(C)(C)c1cc(N(c2ccccc2)c2ccccc2)ccc1-3. The summed E-state index contributed by atoms with van der Waals surface area (Å²) in [6.45, 7) is 9.37. The Bertz CT molecular complexity index is 2600. The molecule has 2 heterocycles. The van der Waals surface area contributed by atoms with Gasteiger partial charge in [-0.05, 0) is 104 Å². The minimum atomic E-state index is -0.310. The van der Waals surface area contributed by atoms with Crippen LogP contribution in [0.5, 0.6) is 23.0 Å². The zero-order valence-electron chi connectivity index (χ0n) is 29.7. The van der Waals surface area contributed by atoms with Crippen molar-refractivity contribution >= 4 is 40.2 Å². The van der Waals surface area contributed by atoms with Crippen LogP contribution in [0.2, 0.25) is 0 Å². The molecule has 0 aromatic heterocycles. The molecular formula is C48H36BNO2. The second-order valence-corrected chi connectivity index (χ2v) is 15.7. The molecule has 0 N–H and O–H groups in total. The van der Waals surface area contributed by atoms with Gasteiger partial charge in [0.25, 0.3) is 6.71 Å². The lowest BCUT2D eigenvalue weighted by atomic mass is 9.34. The number of benzene rings is 7. The first kappa shape index (κ1) is 29.7. The summed E-state index contributed by atoms with van der Waals surface area (Å²) in [4.78, 5) is 2.35. The van der Waals surface area contributed by atoms with Crippen LogP contribution in [0.1, 0.15) is 49.9 Å². The highest BCUT2D eigenvalue weighted by Gasteiger charge is 2.47. The lowest BCUT2D eigenvalue weighted by molar-refractivity contribution is 0.454. The first-order valence-electron chi connectivity index (χ1n) is 18.3. The van der Waals surface area contributed by atoms with Crippen LogP contribution in [0, 0.1) is 0 Å². The molecule has 2 aliphatic heterocycles. The van der Waals surface area contributed by atoms with Gasteiger partial charge >= 0.3 is 0 Å². The molecule has 4 heteroatoms. The highest BCUT2D eigenvalue weighted by molar-refractivity contribution is 6.98. The summed E-state index contributed by atoms with van der Waals surface area (Å²) in [7, 11) is 0. The number of fused-ring (bicyclic) bond motifs is 11. The molecule has 248 valence electrons.